The summed E-state index contributed by atoms with van der Waals surface area (Å²) in [6.45, 7) is 5.04. The van der Waals surface area contributed by atoms with E-state index in [9.17, 15) is 14.4 Å². The normalized spacial score (nSPS) is 17.4. The second-order valence-electron chi connectivity index (χ2n) is 7.93. The van der Waals surface area contributed by atoms with Gasteiger partial charge in [0, 0.05) is 46.3 Å². The zero-order valence-electron chi connectivity index (χ0n) is 18.4. The Bertz CT molecular complexity index is 773. The smallest absolute Gasteiger partial charge is 0.242 e. The Morgan fingerprint density at radius 1 is 1.00 bits per heavy atom. The fourth-order valence-corrected chi connectivity index (χ4v) is 3.74. The lowest BCUT2D eigenvalue weighted by Gasteiger charge is -2.35. The van der Waals surface area contributed by atoms with E-state index in [4.69, 9.17) is 9.47 Å². The third-order valence-electron chi connectivity index (χ3n) is 5.74. The molecule has 1 aromatic carbocycles. The molecule has 0 saturated carbocycles. The summed E-state index contributed by atoms with van der Waals surface area (Å²) in [7, 11) is 3.27. The van der Waals surface area contributed by atoms with Gasteiger partial charge in [0.15, 0.2) is 0 Å². The van der Waals surface area contributed by atoms with Gasteiger partial charge in [-0.3, -0.25) is 19.3 Å². The molecule has 0 radical (unpaired) electrons. The predicted octanol–water partition coefficient (Wildman–Crippen LogP) is -0.301. The first-order chi connectivity index (χ1) is 15.0. The molecule has 2 heterocycles. The number of rotatable bonds is 7. The van der Waals surface area contributed by atoms with Gasteiger partial charge >= 0.3 is 0 Å². The van der Waals surface area contributed by atoms with Gasteiger partial charge in [0.1, 0.15) is 5.75 Å². The summed E-state index contributed by atoms with van der Waals surface area (Å²) in [5, 5.41) is 0. The molecule has 0 atom stereocenters. The van der Waals surface area contributed by atoms with Crippen molar-refractivity contribution >= 4 is 17.7 Å². The predicted molar refractivity (Wildman–Crippen MR) is 115 cm³/mol. The van der Waals surface area contributed by atoms with Crippen LogP contribution in [0, 0.1) is 0 Å². The molecule has 2 aliphatic heterocycles. The summed E-state index contributed by atoms with van der Waals surface area (Å²) in [5.74, 6) is 0.683. The topological polar surface area (TPSA) is 82.6 Å². The Balaban J connectivity index is 1.40. The number of nitrogens with zero attached hydrogens (tertiary/aromatic N) is 4. The van der Waals surface area contributed by atoms with Gasteiger partial charge in [-0.2, -0.15) is 0 Å². The molecule has 0 unspecified atom stereocenters. The van der Waals surface area contributed by atoms with Gasteiger partial charge in [0.05, 0.1) is 39.8 Å². The molecule has 2 saturated heterocycles. The molecule has 0 aliphatic carbocycles. The minimum atomic E-state index is -0.0854. The van der Waals surface area contributed by atoms with Crippen molar-refractivity contribution in [2.24, 2.45) is 0 Å². The van der Waals surface area contributed by atoms with E-state index in [1.807, 2.05) is 34.1 Å². The number of piperazine rings is 1. The van der Waals surface area contributed by atoms with Crippen molar-refractivity contribution in [3.63, 3.8) is 0 Å². The van der Waals surface area contributed by atoms with Crippen LogP contribution in [0.15, 0.2) is 24.3 Å². The first-order valence-corrected chi connectivity index (χ1v) is 10.7. The molecular weight excluding hydrogens is 400 g/mol. The van der Waals surface area contributed by atoms with Gasteiger partial charge in [-0.05, 0) is 17.7 Å². The van der Waals surface area contributed by atoms with E-state index in [0.717, 1.165) is 11.3 Å². The van der Waals surface area contributed by atoms with Gasteiger partial charge in [0.25, 0.3) is 0 Å². The standard InChI is InChI=1S/C22H32N4O5/c1-23(16-22(29)26-10-12-31-13-11-26)21(28)17-24-6-8-25(9-7-24)20(27)15-18-4-3-5-19(14-18)30-2/h3-5,14H,6-13,15-17H2,1-2H3. The third kappa shape index (κ3) is 6.67. The van der Waals surface area contributed by atoms with E-state index in [1.165, 1.54) is 4.90 Å². The molecule has 2 aliphatic rings. The molecule has 31 heavy (non-hydrogen) atoms. The fourth-order valence-electron chi connectivity index (χ4n) is 3.74. The van der Waals surface area contributed by atoms with Crippen molar-refractivity contribution in [3.05, 3.63) is 29.8 Å². The van der Waals surface area contributed by atoms with Gasteiger partial charge in [-0.15, -0.1) is 0 Å². The number of methoxy groups -OCH3 is 1. The van der Waals surface area contributed by atoms with E-state index in [2.05, 4.69) is 0 Å². The number of ether oxygens (including phenoxy) is 2. The molecule has 0 aromatic heterocycles. The Labute approximate surface area is 183 Å². The van der Waals surface area contributed by atoms with Crippen molar-refractivity contribution in [3.8, 4) is 5.75 Å². The average Bonchev–Trinajstić information content (AvgIpc) is 2.80. The van der Waals surface area contributed by atoms with Crippen LogP contribution in [-0.2, 0) is 25.5 Å². The molecule has 2 fully saturated rings. The molecule has 3 amide bonds. The lowest BCUT2D eigenvalue weighted by Crippen LogP contribution is -2.52. The lowest BCUT2D eigenvalue weighted by atomic mass is 10.1. The highest BCUT2D eigenvalue weighted by Crippen LogP contribution is 2.14. The van der Waals surface area contributed by atoms with Crippen molar-refractivity contribution in [1.82, 2.24) is 19.6 Å². The summed E-state index contributed by atoms with van der Waals surface area (Å²) in [6.07, 6.45) is 0.336. The number of hydrogen-bond donors (Lipinski definition) is 0. The van der Waals surface area contributed by atoms with E-state index < -0.39 is 0 Å². The average molecular weight is 433 g/mol. The number of morpholine rings is 1. The summed E-state index contributed by atoms with van der Waals surface area (Å²) < 4.78 is 10.5. The minimum absolute atomic E-state index is 0.0490. The minimum Gasteiger partial charge on any atom is -0.497 e. The number of carbonyl (C=O) groups excluding carboxylic acids is 3. The number of hydrogen-bond acceptors (Lipinski definition) is 6. The SMILES string of the molecule is COc1cccc(CC(=O)N2CCN(CC(=O)N(C)CC(=O)N3CCOCC3)CC2)c1. The molecule has 170 valence electrons. The quantitative estimate of drug-likeness (QED) is 0.588. The summed E-state index contributed by atoms with van der Waals surface area (Å²) >= 11 is 0. The number of benzene rings is 1. The first kappa shape index (κ1) is 23.0. The molecular formula is C22H32N4O5. The van der Waals surface area contributed by atoms with Gasteiger partial charge in [0.2, 0.25) is 17.7 Å². The highest BCUT2D eigenvalue weighted by atomic mass is 16.5. The second-order valence-corrected chi connectivity index (χ2v) is 7.93. The highest BCUT2D eigenvalue weighted by molar-refractivity contribution is 5.85. The number of likely N-dealkylation sites (N-methyl/N-ethyl adjacent to an activating group) is 1. The van der Waals surface area contributed by atoms with Crippen LogP contribution in [0.25, 0.3) is 0 Å². The summed E-state index contributed by atoms with van der Waals surface area (Å²) in [6, 6.07) is 7.53. The Kier molecular flexibility index (Phi) is 8.25. The van der Waals surface area contributed by atoms with Crippen LogP contribution in [0.2, 0.25) is 0 Å². The fraction of sp³-hybridized carbons (Fsp3) is 0.591. The maximum absolute atomic E-state index is 12.6. The molecule has 0 N–H and O–H groups in total. The Hall–Kier alpha value is -2.65. The summed E-state index contributed by atoms with van der Waals surface area (Å²) in [4.78, 5) is 44.6. The molecule has 9 heteroatoms. The monoisotopic (exact) mass is 432 g/mol. The number of carbonyl (C=O) groups is 3. The van der Waals surface area contributed by atoms with Gasteiger partial charge in [-0.1, -0.05) is 12.1 Å². The lowest BCUT2D eigenvalue weighted by molar-refractivity contribution is -0.142. The van der Waals surface area contributed by atoms with Crippen LogP contribution in [0.4, 0.5) is 0 Å². The molecule has 0 spiro atoms. The van der Waals surface area contributed by atoms with Gasteiger partial charge in [-0.25, -0.2) is 0 Å². The zero-order valence-corrected chi connectivity index (χ0v) is 18.4. The maximum Gasteiger partial charge on any atom is 0.242 e. The summed E-state index contributed by atoms with van der Waals surface area (Å²) in [5.41, 5.74) is 0.925. The maximum atomic E-state index is 12.6. The van der Waals surface area contributed by atoms with Crippen molar-refractivity contribution in [2.45, 2.75) is 6.42 Å². The van der Waals surface area contributed by atoms with Gasteiger partial charge < -0.3 is 24.2 Å². The van der Waals surface area contributed by atoms with Crippen molar-refractivity contribution in [2.75, 3.05) is 79.7 Å². The number of amides is 3. The van der Waals surface area contributed by atoms with Crippen LogP contribution >= 0.6 is 0 Å². The zero-order chi connectivity index (χ0) is 22.2. The Morgan fingerprint density at radius 3 is 2.35 bits per heavy atom. The second kappa shape index (κ2) is 11.1. The Morgan fingerprint density at radius 2 is 1.68 bits per heavy atom. The van der Waals surface area contributed by atoms with E-state index in [0.29, 0.717) is 58.9 Å². The van der Waals surface area contributed by atoms with E-state index in [-0.39, 0.29) is 30.8 Å². The first-order valence-electron chi connectivity index (χ1n) is 10.7. The van der Waals surface area contributed by atoms with Crippen LogP contribution in [0.5, 0.6) is 5.75 Å². The molecule has 1 aromatic rings. The van der Waals surface area contributed by atoms with Crippen molar-refractivity contribution in [1.29, 1.82) is 0 Å². The van der Waals surface area contributed by atoms with Crippen molar-refractivity contribution < 1.29 is 23.9 Å². The molecule has 9 nitrogen and oxygen atoms in total. The molecule has 3 rings (SSSR count). The van der Waals surface area contributed by atoms with E-state index in [1.54, 1.807) is 19.1 Å². The molecule has 0 bridgehead atoms. The van der Waals surface area contributed by atoms with Crippen LogP contribution < -0.4 is 4.74 Å². The van der Waals surface area contributed by atoms with Crippen LogP contribution in [0.1, 0.15) is 5.56 Å². The third-order valence-corrected chi connectivity index (χ3v) is 5.74. The largest absolute Gasteiger partial charge is 0.497 e. The van der Waals surface area contributed by atoms with E-state index >= 15 is 0 Å². The van der Waals surface area contributed by atoms with Crippen LogP contribution in [-0.4, -0.2) is 117 Å². The highest BCUT2D eigenvalue weighted by Gasteiger charge is 2.25. The van der Waals surface area contributed by atoms with Crippen LogP contribution in [0.3, 0.4) is 0 Å².